The predicted octanol–water partition coefficient (Wildman–Crippen LogP) is 3.55. The van der Waals surface area contributed by atoms with Gasteiger partial charge < -0.3 is 15.1 Å². The van der Waals surface area contributed by atoms with Crippen molar-refractivity contribution in [3.05, 3.63) is 35.2 Å². The van der Waals surface area contributed by atoms with Crippen molar-refractivity contribution >= 4 is 28.7 Å². The number of halogens is 1. The molecule has 0 saturated carbocycles. The number of amides is 1. The number of carboxylic acid groups (broad SMARTS) is 1. The zero-order valence-corrected chi connectivity index (χ0v) is 16.1. The molecule has 8 nitrogen and oxygen atoms in total. The van der Waals surface area contributed by atoms with Crippen LogP contribution in [-0.2, 0) is 6.54 Å². The molecule has 28 heavy (non-hydrogen) atoms. The van der Waals surface area contributed by atoms with E-state index in [9.17, 15) is 9.90 Å². The molecule has 3 heterocycles. The van der Waals surface area contributed by atoms with Gasteiger partial charge in [-0.3, -0.25) is 9.67 Å². The van der Waals surface area contributed by atoms with E-state index in [1.807, 2.05) is 10.9 Å². The Kier molecular flexibility index (Phi) is 4.80. The summed E-state index contributed by atoms with van der Waals surface area (Å²) in [6, 6.07) is 1.75. The van der Waals surface area contributed by atoms with Crippen LogP contribution in [0.3, 0.4) is 0 Å². The third-order valence-electron chi connectivity index (χ3n) is 5.20. The minimum atomic E-state index is -0.852. The highest BCUT2D eigenvalue weighted by Gasteiger charge is 2.23. The summed E-state index contributed by atoms with van der Waals surface area (Å²) in [5.41, 5.74) is 3.18. The second-order valence-corrected chi connectivity index (χ2v) is 7.52. The van der Waals surface area contributed by atoms with Crippen LogP contribution in [0.15, 0.2) is 24.7 Å². The first-order valence-corrected chi connectivity index (χ1v) is 9.45. The summed E-state index contributed by atoms with van der Waals surface area (Å²) in [7, 11) is 0. The zero-order chi connectivity index (χ0) is 19.8. The van der Waals surface area contributed by atoms with Crippen LogP contribution >= 0.6 is 11.6 Å². The monoisotopic (exact) mass is 401 g/mol. The van der Waals surface area contributed by atoms with E-state index in [1.165, 1.54) is 4.90 Å². The number of benzene rings is 1. The highest BCUT2D eigenvalue weighted by atomic mass is 35.5. The van der Waals surface area contributed by atoms with Crippen molar-refractivity contribution < 1.29 is 15.0 Å². The van der Waals surface area contributed by atoms with E-state index in [2.05, 4.69) is 15.1 Å². The Hall–Kier alpha value is -2.87. The Labute approximate surface area is 166 Å². The van der Waals surface area contributed by atoms with E-state index >= 15 is 0 Å². The molecule has 0 bridgehead atoms. The molecule has 146 valence electrons. The molecule has 3 aromatic rings. The van der Waals surface area contributed by atoms with E-state index in [0.29, 0.717) is 41.3 Å². The molecule has 1 amide bonds. The van der Waals surface area contributed by atoms with Crippen LogP contribution in [0.1, 0.15) is 18.4 Å². The summed E-state index contributed by atoms with van der Waals surface area (Å²) >= 11 is 6.24. The standard InChI is InChI=1S/C19H20ClN5O3/c1-11-6-14-17(16(20)18(11)26)23-15(8-21-14)13-7-22-25(10-13)9-12-2-4-24(5-3-12)19(27)28/h6-8,10,12,26H,2-5,9H2,1H3,(H,27,28). The van der Waals surface area contributed by atoms with Crippen LogP contribution in [-0.4, -0.2) is 54.0 Å². The number of piperidine rings is 1. The van der Waals surface area contributed by atoms with Crippen molar-refractivity contribution in [2.24, 2.45) is 5.92 Å². The van der Waals surface area contributed by atoms with Gasteiger partial charge >= 0.3 is 6.09 Å². The van der Waals surface area contributed by atoms with E-state index < -0.39 is 6.09 Å². The van der Waals surface area contributed by atoms with Gasteiger partial charge in [-0.15, -0.1) is 0 Å². The molecule has 1 aromatic carbocycles. The number of likely N-dealkylation sites (tertiary alicyclic amines) is 1. The Balaban J connectivity index is 1.52. The van der Waals surface area contributed by atoms with E-state index in [-0.39, 0.29) is 10.8 Å². The quantitative estimate of drug-likeness (QED) is 0.695. The first-order chi connectivity index (χ1) is 13.4. The number of rotatable bonds is 3. The molecule has 0 aliphatic carbocycles. The van der Waals surface area contributed by atoms with Crippen molar-refractivity contribution in [1.29, 1.82) is 0 Å². The van der Waals surface area contributed by atoms with Crippen molar-refractivity contribution in [2.45, 2.75) is 26.3 Å². The first-order valence-electron chi connectivity index (χ1n) is 9.08. The minimum Gasteiger partial charge on any atom is -0.506 e. The zero-order valence-electron chi connectivity index (χ0n) is 15.3. The SMILES string of the molecule is Cc1cc2ncc(-c3cnn(CC4CCN(C(=O)O)CC4)c3)nc2c(Cl)c1O. The van der Waals surface area contributed by atoms with Gasteiger partial charge in [0.05, 0.1) is 23.6 Å². The Morgan fingerprint density at radius 3 is 2.79 bits per heavy atom. The normalized spacial score (nSPS) is 15.3. The van der Waals surface area contributed by atoms with Crippen molar-refractivity contribution in [1.82, 2.24) is 24.6 Å². The molecular formula is C19H20ClN5O3. The van der Waals surface area contributed by atoms with Crippen molar-refractivity contribution in [2.75, 3.05) is 13.1 Å². The number of aromatic hydroxyl groups is 1. The van der Waals surface area contributed by atoms with Crippen molar-refractivity contribution in [3.63, 3.8) is 0 Å². The highest BCUT2D eigenvalue weighted by molar-refractivity contribution is 6.36. The molecule has 4 rings (SSSR count). The molecule has 1 saturated heterocycles. The van der Waals surface area contributed by atoms with Gasteiger partial charge in [-0.2, -0.15) is 5.10 Å². The number of hydrogen-bond acceptors (Lipinski definition) is 5. The van der Waals surface area contributed by atoms with Crippen LogP contribution in [0.25, 0.3) is 22.3 Å². The summed E-state index contributed by atoms with van der Waals surface area (Å²) in [5.74, 6) is 0.407. The molecule has 9 heteroatoms. The smallest absolute Gasteiger partial charge is 0.407 e. The van der Waals surface area contributed by atoms with Gasteiger partial charge in [0, 0.05) is 31.4 Å². The molecule has 2 N–H and O–H groups in total. The lowest BCUT2D eigenvalue weighted by molar-refractivity contribution is 0.121. The maximum absolute atomic E-state index is 11.0. The molecule has 0 radical (unpaired) electrons. The van der Waals surface area contributed by atoms with Crippen molar-refractivity contribution in [3.8, 4) is 17.0 Å². The highest BCUT2D eigenvalue weighted by Crippen LogP contribution is 2.34. The fourth-order valence-corrected chi connectivity index (χ4v) is 3.82. The number of carbonyl (C=O) groups is 1. The Morgan fingerprint density at radius 2 is 2.07 bits per heavy atom. The second kappa shape index (κ2) is 7.27. The fraction of sp³-hybridized carbons (Fsp3) is 0.368. The number of phenolic OH excluding ortho intramolecular Hbond substituents is 1. The lowest BCUT2D eigenvalue weighted by Gasteiger charge is -2.29. The van der Waals surface area contributed by atoms with Crippen LogP contribution < -0.4 is 0 Å². The van der Waals surface area contributed by atoms with Gasteiger partial charge in [0.2, 0.25) is 0 Å². The molecule has 2 aromatic heterocycles. The maximum Gasteiger partial charge on any atom is 0.407 e. The molecule has 1 aliphatic rings. The lowest BCUT2D eigenvalue weighted by Crippen LogP contribution is -2.38. The molecule has 0 atom stereocenters. The number of aromatic nitrogens is 4. The minimum absolute atomic E-state index is 0.0176. The molecule has 0 spiro atoms. The topological polar surface area (TPSA) is 104 Å². The Morgan fingerprint density at radius 1 is 1.32 bits per heavy atom. The maximum atomic E-state index is 11.0. The number of phenols is 1. The predicted molar refractivity (Wildman–Crippen MR) is 104 cm³/mol. The summed E-state index contributed by atoms with van der Waals surface area (Å²) in [4.78, 5) is 21.4. The van der Waals surface area contributed by atoms with Gasteiger partial charge in [0.1, 0.15) is 16.3 Å². The molecule has 0 unspecified atom stereocenters. The van der Waals surface area contributed by atoms with Gasteiger partial charge in [0.15, 0.2) is 0 Å². The third kappa shape index (κ3) is 3.47. The van der Waals surface area contributed by atoms with Crippen LogP contribution in [0.5, 0.6) is 5.75 Å². The van der Waals surface area contributed by atoms with Crippen LogP contribution in [0.2, 0.25) is 5.02 Å². The number of hydrogen-bond donors (Lipinski definition) is 2. The lowest BCUT2D eigenvalue weighted by atomic mass is 9.97. The summed E-state index contributed by atoms with van der Waals surface area (Å²) in [6.45, 7) is 3.62. The summed E-state index contributed by atoms with van der Waals surface area (Å²) in [5, 5.41) is 23.7. The number of fused-ring (bicyclic) bond motifs is 1. The molecule has 1 aliphatic heterocycles. The van der Waals surface area contributed by atoms with Gasteiger partial charge in [-0.1, -0.05) is 11.6 Å². The Bertz CT molecular complexity index is 1040. The fourth-order valence-electron chi connectivity index (χ4n) is 3.53. The molecule has 1 fully saturated rings. The average molecular weight is 402 g/mol. The third-order valence-corrected chi connectivity index (χ3v) is 5.56. The largest absolute Gasteiger partial charge is 0.506 e. The average Bonchev–Trinajstić information content (AvgIpc) is 3.15. The van der Waals surface area contributed by atoms with E-state index in [4.69, 9.17) is 16.7 Å². The molecular weight excluding hydrogens is 382 g/mol. The van der Waals surface area contributed by atoms with E-state index in [0.717, 1.165) is 24.9 Å². The number of aryl methyl sites for hydroxylation is 1. The van der Waals surface area contributed by atoms with Gasteiger partial charge in [0.25, 0.3) is 0 Å². The first kappa shape index (κ1) is 18.5. The summed E-state index contributed by atoms with van der Waals surface area (Å²) in [6.07, 6.45) is 6.10. The van der Waals surface area contributed by atoms with E-state index in [1.54, 1.807) is 25.4 Å². The van der Waals surface area contributed by atoms with Crippen LogP contribution in [0, 0.1) is 12.8 Å². The number of nitrogens with zero attached hydrogens (tertiary/aromatic N) is 5. The van der Waals surface area contributed by atoms with Crippen LogP contribution in [0.4, 0.5) is 4.79 Å². The van der Waals surface area contributed by atoms with Gasteiger partial charge in [-0.25, -0.2) is 9.78 Å². The second-order valence-electron chi connectivity index (χ2n) is 7.14. The van der Waals surface area contributed by atoms with Gasteiger partial charge in [-0.05, 0) is 37.3 Å². The summed E-state index contributed by atoms with van der Waals surface area (Å²) < 4.78 is 1.86.